The number of hydrogen-bond acceptors (Lipinski definition) is 5. The van der Waals surface area contributed by atoms with Gasteiger partial charge in [-0.25, -0.2) is 4.68 Å². The van der Waals surface area contributed by atoms with E-state index in [9.17, 15) is 14.9 Å². The molecule has 2 aromatic rings. The molecule has 2 rings (SSSR count). The molecule has 0 spiro atoms. The van der Waals surface area contributed by atoms with Gasteiger partial charge in [-0.2, -0.15) is 5.10 Å². The summed E-state index contributed by atoms with van der Waals surface area (Å²) in [5.74, 6) is 1.01. The number of benzene rings is 1. The summed E-state index contributed by atoms with van der Waals surface area (Å²) in [4.78, 5) is 22.9. The molecular formula is C18H24N4O4. The van der Waals surface area contributed by atoms with Crippen LogP contribution in [0, 0.1) is 29.9 Å². The van der Waals surface area contributed by atoms with Gasteiger partial charge in [0.25, 0.3) is 11.6 Å². The standard InChI is InChI=1S/C18H24N4O4/c1-6-21-18(13(5)16(20-21)17(23)19-10-11(2)3)26-14-7-8-15(22(24)25)12(4)9-14/h7-9,11H,6,10H2,1-5H3,(H,19,23). The summed E-state index contributed by atoms with van der Waals surface area (Å²) in [5, 5.41) is 18.1. The number of hydrogen-bond donors (Lipinski definition) is 1. The van der Waals surface area contributed by atoms with Crippen LogP contribution in [0.15, 0.2) is 18.2 Å². The largest absolute Gasteiger partial charge is 0.439 e. The van der Waals surface area contributed by atoms with Crippen LogP contribution in [-0.4, -0.2) is 27.2 Å². The van der Waals surface area contributed by atoms with Gasteiger partial charge in [0.15, 0.2) is 5.69 Å². The molecule has 0 aliphatic heterocycles. The fraction of sp³-hybridized carbons (Fsp3) is 0.444. The van der Waals surface area contributed by atoms with Crippen LogP contribution < -0.4 is 10.1 Å². The minimum atomic E-state index is -0.433. The molecule has 0 radical (unpaired) electrons. The minimum absolute atomic E-state index is 0.0341. The summed E-state index contributed by atoms with van der Waals surface area (Å²) in [6.45, 7) is 10.5. The molecule has 8 nitrogen and oxygen atoms in total. The lowest BCUT2D eigenvalue weighted by Crippen LogP contribution is -2.28. The Morgan fingerprint density at radius 1 is 1.38 bits per heavy atom. The van der Waals surface area contributed by atoms with Gasteiger partial charge >= 0.3 is 0 Å². The van der Waals surface area contributed by atoms with Gasteiger partial charge in [-0.1, -0.05) is 13.8 Å². The van der Waals surface area contributed by atoms with E-state index in [1.54, 1.807) is 24.6 Å². The molecule has 1 aromatic carbocycles. The van der Waals surface area contributed by atoms with Crippen molar-refractivity contribution in [3.05, 3.63) is 45.1 Å². The van der Waals surface area contributed by atoms with Crippen LogP contribution in [0.3, 0.4) is 0 Å². The van der Waals surface area contributed by atoms with Crippen molar-refractivity contribution in [3.8, 4) is 11.6 Å². The second kappa shape index (κ2) is 7.99. The SMILES string of the molecule is CCn1nc(C(=O)NCC(C)C)c(C)c1Oc1ccc([N+](=O)[O-])c(C)c1. The average Bonchev–Trinajstić information content (AvgIpc) is 2.88. The second-order valence-corrected chi connectivity index (χ2v) is 6.51. The van der Waals surface area contributed by atoms with E-state index in [4.69, 9.17) is 4.74 Å². The van der Waals surface area contributed by atoms with Crippen molar-refractivity contribution in [1.82, 2.24) is 15.1 Å². The van der Waals surface area contributed by atoms with Gasteiger partial charge in [0, 0.05) is 30.3 Å². The second-order valence-electron chi connectivity index (χ2n) is 6.51. The summed E-state index contributed by atoms with van der Waals surface area (Å²) in [5.41, 5.74) is 1.49. The lowest BCUT2D eigenvalue weighted by Gasteiger charge is -2.09. The van der Waals surface area contributed by atoms with Crippen molar-refractivity contribution in [1.29, 1.82) is 0 Å². The van der Waals surface area contributed by atoms with Crippen LogP contribution in [-0.2, 0) is 6.54 Å². The van der Waals surface area contributed by atoms with Gasteiger partial charge in [0.2, 0.25) is 5.88 Å². The Bertz CT molecular complexity index is 827. The van der Waals surface area contributed by atoms with Gasteiger partial charge in [0.1, 0.15) is 5.75 Å². The van der Waals surface area contributed by atoms with Crippen LogP contribution >= 0.6 is 0 Å². The maximum Gasteiger partial charge on any atom is 0.272 e. The third-order valence-corrected chi connectivity index (χ3v) is 3.90. The first-order valence-electron chi connectivity index (χ1n) is 8.53. The summed E-state index contributed by atoms with van der Waals surface area (Å²) < 4.78 is 7.51. The molecule has 26 heavy (non-hydrogen) atoms. The molecule has 140 valence electrons. The first-order chi connectivity index (χ1) is 12.2. The number of aromatic nitrogens is 2. The monoisotopic (exact) mass is 360 g/mol. The van der Waals surface area contributed by atoms with Crippen molar-refractivity contribution in [3.63, 3.8) is 0 Å². The van der Waals surface area contributed by atoms with Crippen LogP contribution in [0.1, 0.15) is 42.4 Å². The molecule has 0 aliphatic rings. The molecule has 8 heteroatoms. The van der Waals surface area contributed by atoms with Crippen molar-refractivity contribution < 1.29 is 14.5 Å². The normalized spacial score (nSPS) is 10.8. The predicted octanol–water partition coefficient (Wildman–Crippen LogP) is 3.61. The van der Waals surface area contributed by atoms with Gasteiger partial charge in [-0.15, -0.1) is 0 Å². The zero-order chi connectivity index (χ0) is 19.4. The topological polar surface area (TPSA) is 99.3 Å². The summed E-state index contributed by atoms with van der Waals surface area (Å²) in [7, 11) is 0. The molecular weight excluding hydrogens is 336 g/mol. The van der Waals surface area contributed by atoms with Crippen molar-refractivity contribution >= 4 is 11.6 Å². The maximum absolute atomic E-state index is 12.4. The van der Waals surface area contributed by atoms with E-state index in [2.05, 4.69) is 10.4 Å². The molecule has 1 aromatic heterocycles. The minimum Gasteiger partial charge on any atom is -0.439 e. The fourth-order valence-corrected chi connectivity index (χ4v) is 2.48. The number of nitro groups is 1. The Morgan fingerprint density at radius 2 is 2.08 bits per heavy atom. The summed E-state index contributed by atoms with van der Waals surface area (Å²) in [6, 6.07) is 4.54. The predicted molar refractivity (Wildman–Crippen MR) is 97.7 cm³/mol. The Balaban J connectivity index is 2.30. The van der Waals surface area contributed by atoms with E-state index in [0.717, 1.165) is 0 Å². The lowest BCUT2D eigenvalue weighted by molar-refractivity contribution is -0.385. The Kier molecular flexibility index (Phi) is 5.97. The first-order valence-corrected chi connectivity index (χ1v) is 8.53. The van der Waals surface area contributed by atoms with E-state index in [-0.39, 0.29) is 11.6 Å². The van der Waals surface area contributed by atoms with Gasteiger partial charge in [-0.3, -0.25) is 14.9 Å². The molecule has 1 N–H and O–H groups in total. The highest BCUT2D eigenvalue weighted by atomic mass is 16.6. The number of nitrogens with zero attached hydrogens (tertiary/aromatic N) is 3. The smallest absolute Gasteiger partial charge is 0.272 e. The number of amides is 1. The Labute approximate surface area is 152 Å². The van der Waals surface area contributed by atoms with Crippen LogP contribution in [0.2, 0.25) is 0 Å². The molecule has 1 heterocycles. The molecule has 1 amide bonds. The van der Waals surface area contributed by atoms with Gasteiger partial charge < -0.3 is 10.1 Å². The molecule has 0 aliphatic carbocycles. The van der Waals surface area contributed by atoms with E-state index in [1.807, 2.05) is 20.8 Å². The molecule has 0 saturated carbocycles. The van der Waals surface area contributed by atoms with Gasteiger partial charge in [0.05, 0.1) is 4.92 Å². The first kappa shape index (κ1) is 19.4. The number of carbonyl (C=O) groups excluding carboxylic acids is 1. The zero-order valence-electron chi connectivity index (χ0n) is 15.7. The van der Waals surface area contributed by atoms with Crippen LogP contribution in [0.5, 0.6) is 11.6 Å². The van der Waals surface area contributed by atoms with E-state index >= 15 is 0 Å². The molecule has 0 fully saturated rings. The fourth-order valence-electron chi connectivity index (χ4n) is 2.48. The number of rotatable bonds is 7. The van der Waals surface area contributed by atoms with Crippen molar-refractivity contribution in [2.75, 3.05) is 6.54 Å². The quantitative estimate of drug-likeness (QED) is 0.601. The molecule has 0 bridgehead atoms. The number of aryl methyl sites for hydroxylation is 2. The summed E-state index contributed by atoms with van der Waals surface area (Å²) >= 11 is 0. The molecule has 0 atom stereocenters. The van der Waals surface area contributed by atoms with Crippen molar-refractivity contribution in [2.24, 2.45) is 5.92 Å². The van der Waals surface area contributed by atoms with E-state index in [1.165, 1.54) is 12.1 Å². The van der Waals surface area contributed by atoms with Crippen LogP contribution in [0.25, 0.3) is 0 Å². The van der Waals surface area contributed by atoms with Crippen LogP contribution in [0.4, 0.5) is 5.69 Å². The third-order valence-electron chi connectivity index (χ3n) is 3.90. The Hall–Kier alpha value is -2.90. The molecule has 0 saturated heterocycles. The average molecular weight is 360 g/mol. The Morgan fingerprint density at radius 3 is 2.62 bits per heavy atom. The maximum atomic E-state index is 12.4. The lowest BCUT2D eigenvalue weighted by atomic mass is 10.2. The number of carbonyl (C=O) groups is 1. The molecule has 0 unspecified atom stereocenters. The summed E-state index contributed by atoms with van der Waals surface area (Å²) in [6.07, 6.45) is 0. The number of nitrogens with one attached hydrogen (secondary N) is 1. The van der Waals surface area contributed by atoms with E-state index < -0.39 is 4.92 Å². The third kappa shape index (κ3) is 4.19. The number of ether oxygens (including phenoxy) is 1. The highest BCUT2D eigenvalue weighted by Crippen LogP contribution is 2.30. The highest BCUT2D eigenvalue weighted by molar-refractivity contribution is 5.94. The highest BCUT2D eigenvalue weighted by Gasteiger charge is 2.22. The van der Waals surface area contributed by atoms with Crippen molar-refractivity contribution in [2.45, 2.75) is 41.2 Å². The van der Waals surface area contributed by atoms with E-state index in [0.29, 0.717) is 47.5 Å². The van der Waals surface area contributed by atoms with Gasteiger partial charge in [-0.05, 0) is 38.8 Å². The number of nitro benzene ring substituents is 1. The zero-order valence-corrected chi connectivity index (χ0v) is 15.7.